The van der Waals surface area contributed by atoms with Gasteiger partial charge in [0.15, 0.2) is 11.9 Å². The fourth-order valence-electron chi connectivity index (χ4n) is 4.59. The monoisotopic (exact) mass is 415 g/mol. The smallest absolute Gasteiger partial charge is 0.340 e. The van der Waals surface area contributed by atoms with Crippen molar-refractivity contribution in [3.05, 3.63) is 82.4 Å². The van der Waals surface area contributed by atoms with Crippen LogP contribution in [0.2, 0.25) is 0 Å². The van der Waals surface area contributed by atoms with E-state index in [9.17, 15) is 14.7 Å². The average molecular weight is 415 g/mol. The third-order valence-electron chi connectivity index (χ3n) is 6.10. The lowest BCUT2D eigenvalue weighted by Crippen LogP contribution is -2.33. The van der Waals surface area contributed by atoms with Crippen LogP contribution in [-0.2, 0) is 10.3 Å². The molecule has 1 atom stereocenters. The number of carbonyl (C=O) groups is 2. The predicted octanol–water partition coefficient (Wildman–Crippen LogP) is 4.62. The summed E-state index contributed by atoms with van der Waals surface area (Å²) in [5, 5.41) is 10.3. The molecule has 156 valence electrons. The number of hydrogen-bond acceptors (Lipinski definition) is 6. The van der Waals surface area contributed by atoms with Crippen LogP contribution in [-0.4, -0.2) is 30.5 Å². The van der Waals surface area contributed by atoms with E-state index in [0.717, 1.165) is 18.8 Å². The molecular weight excluding hydrogens is 394 g/mol. The van der Waals surface area contributed by atoms with E-state index in [0.29, 0.717) is 40.0 Å². The van der Waals surface area contributed by atoms with E-state index < -0.39 is 11.6 Å². The molecule has 2 heterocycles. The summed E-state index contributed by atoms with van der Waals surface area (Å²) in [4.78, 5) is 26.6. The zero-order chi connectivity index (χ0) is 21.8. The molecule has 2 aliphatic heterocycles. The molecule has 0 saturated heterocycles. The lowest BCUT2D eigenvalue weighted by molar-refractivity contribution is 0.0224. The summed E-state index contributed by atoms with van der Waals surface area (Å²) in [6.45, 7) is 5.82. The second kappa shape index (κ2) is 6.87. The van der Waals surface area contributed by atoms with Gasteiger partial charge in [-0.15, -0.1) is 0 Å². The molecule has 5 rings (SSSR count). The van der Waals surface area contributed by atoms with Gasteiger partial charge < -0.3 is 19.5 Å². The van der Waals surface area contributed by atoms with E-state index in [1.54, 1.807) is 12.1 Å². The number of fused-ring (bicyclic) bond motifs is 6. The fraction of sp³-hybridized carbons (Fsp3) is 0.200. The van der Waals surface area contributed by atoms with Gasteiger partial charge in [0, 0.05) is 47.6 Å². The Morgan fingerprint density at radius 2 is 1.71 bits per heavy atom. The van der Waals surface area contributed by atoms with Gasteiger partial charge >= 0.3 is 5.97 Å². The molecule has 0 fully saturated rings. The second-order valence-electron chi connectivity index (χ2n) is 7.60. The van der Waals surface area contributed by atoms with Crippen molar-refractivity contribution in [1.29, 1.82) is 0 Å². The minimum atomic E-state index is -1.26. The Kier molecular flexibility index (Phi) is 4.25. The maximum Gasteiger partial charge on any atom is 0.340 e. The number of phenols is 1. The maximum absolute atomic E-state index is 12.9. The molecule has 0 aromatic heterocycles. The van der Waals surface area contributed by atoms with Crippen molar-refractivity contribution in [3.8, 4) is 17.2 Å². The van der Waals surface area contributed by atoms with Gasteiger partial charge in [-0.05, 0) is 38.1 Å². The van der Waals surface area contributed by atoms with Gasteiger partial charge in [0.2, 0.25) is 0 Å². The molecule has 0 aliphatic carbocycles. The Hall–Kier alpha value is -3.80. The molecule has 3 aromatic carbocycles. The van der Waals surface area contributed by atoms with Crippen LogP contribution < -0.4 is 9.64 Å². The number of hydrogen-bond donors (Lipinski definition) is 1. The molecule has 1 spiro atoms. The highest BCUT2D eigenvalue weighted by atomic mass is 16.6. The lowest BCUT2D eigenvalue weighted by Gasteiger charge is -2.37. The molecule has 0 amide bonds. The van der Waals surface area contributed by atoms with Crippen molar-refractivity contribution >= 4 is 17.9 Å². The van der Waals surface area contributed by atoms with Gasteiger partial charge in [0.1, 0.15) is 17.2 Å². The summed E-state index contributed by atoms with van der Waals surface area (Å²) in [5.74, 6) is 0.254. The number of ether oxygens (including phenoxy) is 2. The predicted molar refractivity (Wildman–Crippen MR) is 115 cm³/mol. The molecule has 0 unspecified atom stereocenters. The fourth-order valence-corrected chi connectivity index (χ4v) is 4.59. The van der Waals surface area contributed by atoms with E-state index in [1.807, 2.05) is 30.3 Å². The first-order valence-corrected chi connectivity index (χ1v) is 10.3. The third-order valence-corrected chi connectivity index (χ3v) is 6.10. The number of benzene rings is 3. The van der Waals surface area contributed by atoms with Gasteiger partial charge in [-0.3, -0.25) is 4.79 Å². The van der Waals surface area contributed by atoms with Crippen LogP contribution in [0.25, 0.3) is 0 Å². The quantitative estimate of drug-likeness (QED) is 0.495. The van der Waals surface area contributed by atoms with E-state index >= 15 is 0 Å². The number of nitrogens with zero attached hydrogens (tertiary/aromatic N) is 1. The van der Waals surface area contributed by atoms with Crippen molar-refractivity contribution in [2.45, 2.75) is 19.4 Å². The van der Waals surface area contributed by atoms with Crippen molar-refractivity contribution in [3.63, 3.8) is 0 Å². The summed E-state index contributed by atoms with van der Waals surface area (Å²) in [7, 11) is 0. The van der Waals surface area contributed by atoms with Crippen molar-refractivity contribution in [1.82, 2.24) is 0 Å². The third kappa shape index (κ3) is 2.57. The summed E-state index contributed by atoms with van der Waals surface area (Å²) in [6, 6.07) is 16.0. The number of rotatable bonds is 4. The van der Waals surface area contributed by atoms with Gasteiger partial charge in [0.25, 0.3) is 0 Å². The molecular formula is C25H21NO5. The van der Waals surface area contributed by atoms with E-state index in [1.165, 1.54) is 12.1 Å². The minimum Gasteiger partial charge on any atom is -0.507 e. The summed E-state index contributed by atoms with van der Waals surface area (Å²) < 4.78 is 12.3. The zero-order valence-corrected chi connectivity index (χ0v) is 17.2. The van der Waals surface area contributed by atoms with Crippen molar-refractivity contribution in [2.24, 2.45) is 0 Å². The first-order valence-electron chi connectivity index (χ1n) is 10.3. The van der Waals surface area contributed by atoms with Crippen LogP contribution >= 0.6 is 0 Å². The normalized spacial score (nSPS) is 17.9. The standard InChI is InChI=1S/C25H21NO5/c1-3-26(4-2)16-9-10-19-22(12-16)30-23-13-21(28)15(14-27)11-20(23)25(19)18-8-6-5-7-17(18)24(29)31-25/h5-14,28H,3-4H2,1-2H3/t25-/m0/s1. The molecule has 31 heavy (non-hydrogen) atoms. The van der Waals surface area contributed by atoms with E-state index in [-0.39, 0.29) is 11.3 Å². The number of aromatic hydroxyl groups is 1. The highest BCUT2D eigenvalue weighted by Gasteiger charge is 2.53. The Balaban J connectivity index is 1.83. The topological polar surface area (TPSA) is 76.1 Å². The first-order chi connectivity index (χ1) is 15.0. The summed E-state index contributed by atoms with van der Waals surface area (Å²) >= 11 is 0. The van der Waals surface area contributed by atoms with Crippen LogP contribution in [0.4, 0.5) is 5.69 Å². The largest absolute Gasteiger partial charge is 0.507 e. The van der Waals surface area contributed by atoms with Crippen LogP contribution in [0, 0.1) is 0 Å². The Morgan fingerprint density at radius 3 is 2.45 bits per heavy atom. The summed E-state index contributed by atoms with van der Waals surface area (Å²) in [5.41, 5.74) is 2.16. The van der Waals surface area contributed by atoms with Crippen LogP contribution in [0.15, 0.2) is 54.6 Å². The number of anilines is 1. The van der Waals surface area contributed by atoms with Crippen LogP contribution in [0.5, 0.6) is 17.2 Å². The number of phenolic OH excluding ortho intramolecular Hbond substituents is 1. The number of aldehydes is 1. The number of esters is 1. The van der Waals surface area contributed by atoms with Crippen molar-refractivity contribution in [2.75, 3.05) is 18.0 Å². The lowest BCUT2D eigenvalue weighted by atomic mass is 9.77. The van der Waals surface area contributed by atoms with Gasteiger partial charge in [-0.2, -0.15) is 0 Å². The molecule has 2 aliphatic rings. The molecule has 6 nitrogen and oxygen atoms in total. The van der Waals surface area contributed by atoms with E-state index in [2.05, 4.69) is 18.7 Å². The second-order valence-corrected chi connectivity index (χ2v) is 7.60. The highest BCUT2D eigenvalue weighted by molar-refractivity contribution is 5.97. The first kappa shape index (κ1) is 19.2. The molecule has 0 saturated carbocycles. The summed E-state index contributed by atoms with van der Waals surface area (Å²) in [6.07, 6.45) is 0.574. The Bertz CT molecular complexity index is 1230. The molecule has 1 N–H and O–H groups in total. The van der Waals surface area contributed by atoms with Gasteiger partial charge in [-0.1, -0.05) is 18.2 Å². The number of carbonyl (C=O) groups excluding carboxylic acids is 2. The molecule has 0 bridgehead atoms. The minimum absolute atomic E-state index is 0.102. The van der Waals surface area contributed by atoms with E-state index in [4.69, 9.17) is 9.47 Å². The zero-order valence-electron chi connectivity index (χ0n) is 17.2. The van der Waals surface area contributed by atoms with Gasteiger partial charge in [0.05, 0.1) is 11.1 Å². The Labute approximate surface area is 179 Å². The van der Waals surface area contributed by atoms with Crippen LogP contribution in [0.3, 0.4) is 0 Å². The van der Waals surface area contributed by atoms with Crippen molar-refractivity contribution < 1.29 is 24.2 Å². The van der Waals surface area contributed by atoms with Crippen LogP contribution in [0.1, 0.15) is 51.3 Å². The highest BCUT2D eigenvalue weighted by Crippen LogP contribution is 2.57. The van der Waals surface area contributed by atoms with Gasteiger partial charge in [-0.25, -0.2) is 4.79 Å². The molecule has 0 radical (unpaired) electrons. The molecule has 3 aromatic rings. The molecule has 6 heteroatoms. The average Bonchev–Trinajstić information content (AvgIpc) is 3.07. The SMILES string of the molecule is CCN(CC)c1ccc2c(c1)Oc1cc(O)c(C=O)cc1[C@@]21OC(=O)c2ccccc21. The maximum atomic E-state index is 12.9. The Morgan fingerprint density at radius 1 is 0.968 bits per heavy atom.